The van der Waals surface area contributed by atoms with Crippen LogP contribution in [0.25, 0.3) is 0 Å². The molecule has 1 amide bonds. The van der Waals surface area contributed by atoms with Crippen molar-refractivity contribution in [3.63, 3.8) is 0 Å². The highest BCUT2D eigenvalue weighted by atomic mass is 35.5. The first-order chi connectivity index (χ1) is 9.88. The Balaban J connectivity index is 2.22. The number of nitro groups is 1. The van der Waals surface area contributed by atoms with Gasteiger partial charge in [-0.1, -0.05) is 11.6 Å². The van der Waals surface area contributed by atoms with E-state index in [0.29, 0.717) is 12.1 Å². The number of rotatable bonds is 3. The van der Waals surface area contributed by atoms with Crippen LogP contribution in [-0.2, 0) is 0 Å². The third-order valence-corrected chi connectivity index (χ3v) is 2.64. The van der Waals surface area contributed by atoms with E-state index in [9.17, 15) is 23.7 Å². The molecule has 0 unspecified atom stereocenters. The lowest BCUT2D eigenvalue weighted by Crippen LogP contribution is -2.15. The summed E-state index contributed by atoms with van der Waals surface area (Å²) < 4.78 is 26.0. The van der Waals surface area contributed by atoms with E-state index in [0.717, 1.165) is 12.4 Å². The van der Waals surface area contributed by atoms with Crippen LogP contribution in [0.1, 0.15) is 10.4 Å². The fourth-order valence-electron chi connectivity index (χ4n) is 1.35. The zero-order chi connectivity index (χ0) is 15.6. The number of benzene rings is 1. The second-order valence-corrected chi connectivity index (χ2v) is 4.13. The van der Waals surface area contributed by atoms with Crippen molar-refractivity contribution in [2.45, 2.75) is 0 Å². The molecule has 0 aliphatic rings. The maximum atomic E-state index is 13.1. The number of anilines is 1. The van der Waals surface area contributed by atoms with Crippen LogP contribution in [0.3, 0.4) is 0 Å². The van der Waals surface area contributed by atoms with Crippen LogP contribution in [-0.4, -0.2) is 20.8 Å². The first kappa shape index (κ1) is 14.7. The molecule has 0 bridgehead atoms. The fourth-order valence-corrected chi connectivity index (χ4v) is 1.58. The van der Waals surface area contributed by atoms with E-state index in [2.05, 4.69) is 15.3 Å². The van der Waals surface area contributed by atoms with Crippen molar-refractivity contribution in [3.8, 4) is 0 Å². The summed E-state index contributed by atoms with van der Waals surface area (Å²) in [6.45, 7) is 0. The fraction of sp³-hybridized carbons (Fsp3) is 0. The van der Waals surface area contributed by atoms with Crippen molar-refractivity contribution in [1.82, 2.24) is 9.97 Å². The summed E-state index contributed by atoms with van der Waals surface area (Å²) in [4.78, 5) is 28.6. The van der Waals surface area contributed by atoms with Crippen molar-refractivity contribution in [2.24, 2.45) is 0 Å². The molecule has 0 aliphatic heterocycles. The number of nitrogens with zero attached hydrogens (tertiary/aromatic N) is 3. The van der Waals surface area contributed by atoms with Crippen LogP contribution in [0.2, 0.25) is 5.02 Å². The second kappa shape index (κ2) is 5.75. The molecule has 1 aromatic heterocycles. The van der Waals surface area contributed by atoms with Gasteiger partial charge in [0, 0.05) is 0 Å². The first-order valence-electron chi connectivity index (χ1n) is 5.31. The van der Waals surface area contributed by atoms with Crippen molar-refractivity contribution in [2.75, 3.05) is 5.32 Å². The molecule has 7 nitrogen and oxygen atoms in total. The molecule has 0 spiro atoms. The lowest BCUT2D eigenvalue weighted by molar-refractivity contribution is -0.385. The van der Waals surface area contributed by atoms with E-state index < -0.39 is 22.5 Å². The lowest BCUT2D eigenvalue weighted by Gasteiger charge is -2.05. The van der Waals surface area contributed by atoms with E-state index in [-0.39, 0.29) is 22.2 Å². The molecule has 0 saturated heterocycles. The van der Waals surface area contributed by atoms with Crippen LogP contribution in [0.5, 0.6) is 0 Å². The van der Waals surface area contributed by atoms with Crippen molar-refractivity contribution in [3.05, 3.63) is 56.9 Å². The maximum Gasteiger partial charge on any atom is 0.305 e. The van der Waals surface area contributed by atoms with Crippen LogP contribution in [0, 0.1) is 21.7 Å². The van der Waals surface area contributed by atoms with Crippen LogP contribution < -0.4 is 5.32 Å². The Morgan fingerprint density at radius 1 is 1.24 bits per heavy atom. The van der Waals surface area contributed by atoms with Gasteiger partial charge in [0.2, 0.25) is 5.95 Å². The van der Waals surface area contributed by atoms with Gasteiger partial charge >= 0.3 is 5.69 Å². The minimum atomic E-state index is -1.24. The number of carbonyl (C=O) groups is 1. The molecule has 2 aromatic rings. The molecule has 0 fully saturated rings. The van der Waals surface area contributed by atoms with Gasteiger partial charge in [-0.25, -0.2) is 18.7 Å². The summed E-state index contributed by atoms with van der Waals surface area (Å²) in [6, 6.07) is 1.28. The molecule has 0 atom stereocenters. The Morgan fingerprint density at radius 3 is 2.38 bits per heavy atom. The molecule has 1 heterocycles. The average molecular weight is 315 g/mol. The molecule has 0 aliphatic carbocycles. The highest BCUT2D eigenvalue weighted by Gasteiger charge is 2.16. The van der Waals surface area contributed by atoms with Crippen molar-refractivity contribution >= 4 is 29.1 Å². The summed E-state index contributed by atoms with van der Waals surface area (Å²) in [6.07, 6.45) is 1.77. The minimum Gasteiger partial charge on any atom is -0.290 e. The predicted octanol–water partition coefficient (Wildman–Crippen LogP) is 2.57. The Labute approximate surface area is 120 Å². The molecular formula is C11H5ClF2N4O3. The molecule has 21 heavy (non-hydrogen) atoms. The molecule has 10 heteroatoms. The van der Waals surface area contributed by atoms with Gasteiger partial charge in [0.05, 0.1) is 15.5 Å². The van der Waals surface area contributed by atoms with Crippen LogP contribution >= 0.6 is 11.6 Å². The van der Waals surface area contributed by atoms with Gasteiger partial charge in [0.15, 0.2) is 11.6 Å². The molecule has 0 radical (unpaired) electrons. The van der Waals surface area contributed by atoms with E-state index in [1.54, 1.807) is 0 Å². The third-order valence-electron chi connectivity index (χ3n) is 2.33. The number of amides is 1. The number of hydrogen-bond donors (Lipinski definition) is 1. The van der Waals surface area contributed by atoms with Gasteiger partial charge < -0.3 is 0 Å². The van der Waals surface area contributed by atoms with Gasteiger partial charge in [-0.2, -0.15) is 0 Å². The van der Waals surface area contributed by atoms with E-state index in [4.69, 9.17) is 11.6 Å². The summed E-state index contributed by atoms with van der Waals surface area (Å²) in [5.41, 5.74) is -0.684. The standard InChI is InChI=1S/C11H5ClF2N4O3/c12-7-2-9(14)8(13)1-6(7)10(19)17-11-15-3-5(4-16-11)18(20)21/h1-4H,(H,15,16,17,19). The normalized spacial score (nSPS) is 10.2. The number of aromatic nitrogens is 2. The largest absolute Gasteiger partial charge is 0.305 e. The highest BCUT2D eigenvalue weighted by Crippen LogP contribution is 2.21. The SMILES string of the molecule is O=C(Nc1ncc([N+](=O)[O-])cn1)c1cc(F)c(F)cc1Cl. The van der Waals surface area contributed by atoms with E-state index >= 15 is 0 Å². The Hall–Kier alpha value is -2.68. The summed E-state index contributed by atoms with van der Waals surface area (Å²) in [5, 5.41) is 12.3. The molecule has 2 rings (SSSR count). The molecule has 1 aromatic carbocycles. The van der Waals surface area contributed by atoms with E-state index in [1.807, 2.05) is 0 Å². The highest BCUT2D eigenvalue weighted by molar-refractivity contribution is 6.34. The topological polar surface area (TPSA) is 98.0 Å². The van der Waals surface area contributed by atoms with Gasteiger partial charge in [0.25, 0.3) is 5.91 Å². The Bertz CT molecular complexity index is 724. The third kappa shape index (κ3) is 3.26. The maximum absolute atomic E-state index is 13.1. The van der Waals surface area contributed by atoms with Gasteiger partial charge in [-0.05, 0) is 12.1 Å². The van der Waals surface area contributed by atoms with Gasteiger partial charge in [0.1, 0.15) is 12.4 Å². The number of carbonyl (C=O) groups excluding carboxylic acids is 1. The molecule has 0 saturated carbocycles. The Morgan fingerprint density at radius 2 is 1.81 bits per heavy atom. The number of halogens is 3. The monoisotopic (exact) mass is 314 g/mol. The first-order valence-corrected chi connectivity index (χ1v) is 5.68. The smallest absolute Gasteiger partial charge is 0.290 e. The zero-order valence-electron chi connectivity index (χ0n) is 10.0. The second-order valence-electron chi connectivity index (χ2n) is 3.72. The van der Waals surface area contributed by atoms with Crippen molar-refractivity contribution in [1.29, 1.82) is 0 Å². The zero-order valence-corrected chi connectivity index (χ0v) is 10.8. The molecule has 1 N–H and O–H groups in total. The van der Waals surface area contributed by atoms with Crippen molar-refractivity contribution < 1.29 is 18.5 Å². The molecule has 108 valence electrons. The van der Waals surface area contributed by atoms with Crippen LogP contribution in [0.4, 0.5) is 20.4 Å². The predicted molar refractivity (Wildman–Crippen MR) is 68.0 cm³/mol. The minimum absolute atomic E-state index is 0.244. The van der Waals surface area contributed by atoms with Crippen LogP contribution in [0.15, 0.2) is 24.5 Å². The quantitative estimate of drug-likeness (QED) is 0.533. The van der Waals surface area contributed by atoms with E-state index in [1.165, 1.54) is 0 Å². The molecular weight excluding hydrogens is 310 g/mol. The summed E-state index contributed by atoms with van der Waals surface area (Å²) in [5.74, 6) is -3.56. The number of hydrogen-bond acceptors (Lipinski definition) is 5. The average Bonchev–Trinajstić information content (AvgIpc) is 2.43. The Kier molecular flexibility index (Phi) is 4.03. The van der Waals surface area contributed by atoms with Gasteiger partial charge in [-0.15, -0.1) is 0 Å². The summed E-state index contributed by atoms with van der Waals surface area (Å²) in [7, 11) is 0. The lowest BCUT2D eigenvalue weighted by atomic mass is 10.2. The van der Waals surface area contributed by atoms with Gasteiger partial charge in [-0.3, -0.25) is 20.2 Å². The number of nitrogens with one attached hydrogen (secondary N) is 1. The summed E-state index contributed by atoms with van der Waals surface area (Å²) >= 11 is 5.63.